The molecular formula is C26H26FN5S. The molecule has 2 N–H and O–H groups in total. The average molecular weight is 460 g/mol. The number of imidazole rings is 1. The Hall–Kier alpha value is -3.45. The number of aromatic nitrogens is 4. The first-order chi connectivity index (χ1) is 15.8. The topological polar surface area (TPSA) is 69.1 Å². The summed E-state index contributed by atoms with van der Waals surface area (Å²) in [5.74, 6) is -0.178. The van der Waals surface area contributed by atoms with Crippen molar-refractivity contribution in [2.45, 2.75) is 37.6 Å². The number of thioether (sulfide) groups is 1. The molecule has 0 saturated carbocycles. The Bertz CT molecular complexity index is 1350. The first kappa shape index (κ1) is 22.7. The summed E-state index contributed by atoms with van der Waals surface area (Å²) in [5.41, 5.74) is 9.42. The summed E-state index contributed by atoms with van der Waals surface area (Å²) < 4.78 is 17.8. The molecule has 0 aliphatic rings. The largest absolute Gasteiger partial charge is 0.382 e. The van der Waals surface area contributed by atoms with Gasteiger partial charge in [0.25, 0.3) is 0 Å². The normalized spacial score (nSPS) is 13.0. The zero-order chi connectivity index (χ0) is 23.6. The van der Waals surface area contributed by atoms with Gasteiger partial charge in [-0.2, -0.15) is 0 Å². The molecular weight excluding hydrogens is 433 g/mol. The van der Waals surface area contributed by atoms with E-state index in [1.807, 2.05) is 47.7 Å². The Balaban J connectivity index is 1.93. The molecule has 4 aromatic rings. The quantitative estimate of drug-likeness (QED) is 0.266. The number of fused-ring (bicyclic) bond motifs is 1. The fourth-order valence-electron chi connectivity index (χ4n) is 3.46. The van der Waals surface area contributed by atoms with Crippen molar-refractivity contribution in [3.8, 4) is 11.3 Å². The van der Waals surface area contributed by atoms with Crippen LogP contribution in [0.1, 0.15) is 39.1 Å². The number of pyridine rings is 1. The van der Waals surface area contributed by atoms with E-state index < -0.39 is 5.83 Å². The van der Waals surface area contributed by atoms with E-state index in [1.54, 1.807) is 48.4 Å². The third-order valence-corrected chi connectivity index (χ3v) is 5.90. The molecule has 0 fully saturated rings. The van der Waals surface area contributed by atoms with Crippen LogP contribution in [-0.4, -0.2) is 24.1 Å². The van der Waals surface area contributed by atoms with Gasteiger partial charge < -0.3 is 5.73 Å². The number of hydrogen-bond acceptors (Lipinski definition) is 5. The van der Waals surface area contributed by atoms with Crippen LogP contribution in [0.25, 0.3) is 28.2 Å². The Labute approximate surface area is 197 Å². The molecule has 0 spiro atoms. The Morgan fingerprint density at radius 1 is 1.06 bits per heavy atom. The molecule has 0 saturated heterocycles. The predicted molar refractivity (Wildman–Crippen MR) is 135 cm³/mol. The molecule has 0 radical (unpaired) electrons. The summed E-state index contributed by atoms with van der Waals surface area (Å²) in [6, 6.07) is 15.0. The number of benzene rings is 1. The van der Waals surface area contributed by atoms with Crippen LogP contribution in [0.3, 0.4) is 0 Å². The van der Waals surface area contributed by atoms with Gasteiger partial charge in [0.05, 0.1) is 5.69 Å². The van der Waals surface area contributed by atoms with Crippen LogP contribution in [0.15, 0.2) is 78.2 Å². The van der Waals surface area contributed by atoms with Gasteiger partial charge in [-0.15, -0.1) is 0 Å². The maximum Gasteiger partial charge on any atom is 0.173 e. The van der Waals surface area contributed by atoms with Crippen molar-refractivity contribution in [1.82, 2.24) is 19.4 Å². The summed E-state index contributed by atoms with van der Waals surface area (Å²) in [5, 5.41) is 0.724. The predicted octanol–water partition coefficient (Wildman–Crippen LogP) is 6.68. The SMILES string of the molecule is C/C=C\C(=C(\F)c1cccc(-c2ccccc2)n1)c1nc(SC(C)(C)C)n2ccnc(N)c12. The molecule has 3 heterocycles. The van der Waals surface area contributed by atoms with Gasteiger partial charge in [-0.3, -0.25) is 4.40 Å². The number of allylic oxidation sites excluding steroid dienone is 3. The number of nitrogens with zero attached hydrogens (tertiary/aromatic N) is 4. The summed E-state index contributed by atoms with van der Waals surface area (Å²) >= 11 is 1.59. The monoisotopic (exact) mass is 459 g/mol. The van der Waals surface area contributed by atoms with Crippen LogP contribution < -0.4 is 5.73 Å². The minimum Gasteiger partial charge on any atom is -0.382 e. The molecule has 0 amide bonds. The van der Waals surface area contributed by atoms with E-state index in [4.69, 9.17) is 10.7 Å². The second-order valence-electron chi connectivity index (χ2n) is 8.49. The van der Waals surface area contributed by atoms with Crippen molar-refractivity contribution in [3.63, 3.8) is 0 Å². The molecule has 5 nitrogen and oxygen atoms in total. The lowest BCUT2D eigenvalue weighted by Crippen LogP contribution is -2.08. The third kappa shape index (κ3) is 4.83. The highest BCUT2D eigenvalue weighted by Crippen LogP contribution is 2.38. The van der Waals surface area contributed by atoms with Crippen molar-refractivity contribution in [3.05, 3.63) is 84.5 Å². The summed E-state index contributed by atoms with van der Waals surface area (Å²) in [4.78, 5) is 13.6. The van der Waals surface area contributed by atoms with Crippen molar-refractivity contribution in [1.29, 1.82) is 0 Å². The van der Waals surface area contributed by atoms with Gasteiger partial charge in [0.15, 0.2) is 11.0 Å². The summed E-state index contributed by atoms with van der Waals surface area (Å²) in [7, 11) is 0. The number of anilines is 1. The second kappa shape index (κ2) is 9.19. The van der Waals surface area contributed by atoms with Gasteiger partial charge in [0, 0.05) is 28.3 Å². The van der Waals surface area contributed by atoms with E-state index >= 15 is 4.39 Å². The highest BCUT2D eigenvalue weighted by molar-refractivity contribution is 8.00. The fourth-order valence-corrected chi connectivity index (χ4v) is 4.39. The molecule has 1 aromatic carbocycles. The first-order valence-corrected chi connectivity index (χ1v) is 11.5. The minimum absolute atomic E-state index is 0.0921. The van der Waals surface area contributed by atoms with Gasteiger partial charge in [-0.1, -0.05) is 81.1 Å². The lowest BCUT2D eigenvalue weighted by Gasteiger charge is -2.15. The maximum absolute atomic E-state index is 16.0. The number of nitrogen functional groups attached to an aromatic ring is 1. The summed E-state index contributed by atoms with van der Waals surface area (Å²) in [6.45, 7) is 8.15. The van der Waals surface area contributed by atoms with Crippen LogP contribution in [0.5, 0.6) is 0 Å². The lowest BCUT2D eigenvalue weighted by molar-refractivity contribution is 0.755. The van der Waals surface area contributed by atoms with Gasteiger partial charge in [-0.25, -0.2) is 19.3 Å². The van der Waals surface area contributed by atoms with Gasteiger partial charge in [-0.05, 0) is 19.1 Å². The molecule has 0 unspecified atom stereocenters. The molecule has 0 bridgehead atoms. The van der Waals surface area contributed by atoms with E-state index in [-0.39, 0.29) is 10.4 Å². The van der Waals surface area contributed by atoms with Crippen molar-refractivity contribution < 1.29 is 4.39 Å². The van der Waals surface area contributed by atoms with Gasteiger partial charge in [0.1, 0.15) is 22.7 Å². The van der Waals surface area contributed by atoms with Crippen LogP contribution >= 0.6 is 11.8 Å². The molecule has 0 aliphatic carbocycles. The lowest BCUT2D eigenvalue weighted by atomic mass is 10.1. The van der Waals surface area contributed by atoms with E-state index in [0.29, 0.717) is 28.3 Å². The Morgan fingerprint density at radius 3 is 2.52 bits per heavy atom. The smallest absolute Gasteiger partial charge is 0.173 e. The van der Waals surface area contributed by atoms with E-state index in [0.717, 1.165) is 10.7 Å². The van der Waals surface area contributed by atoms with Crippen molar-refractivity contribution in [2.75, 3.05) is 5.73 Å². The van der Waals surface area contributed by atoms with E-state index in [1.165, 1.54) is 0 Å². The van der Waals surface area contributed by atoms with E-state index in [9.17, 15) is 0 Å². The van der Waals surface area contributed by atoms with Gasteiger partial charge >= 0.3 is 0 Å². The Morgan fingerprint density at radius 2 is 1.82 bits per heavy atom. The maximum atomic E-state index is 16.0. The molecule has 33 heavy (non-hydrogen) atoms. The van der Waals surface area contributed by atoms with E-state index in [2.05, 4.69) is 30.7 Å². The zero-order valence-electron chi connectivity index (χ0n) is 19.1. The summed E-state index contributed by atoms with van der Waals surface area (Å²) in [6.07, 6.45) is 6.91. The molecule has 0 atom stereocenters. The molecule has 168 valence electrons. The molecule has 7 heteroatoms. The molecule has 0 aliphatic heterocycles. The van der Waals surface area contributed by atoms with Crippen LogP contribution in [0.4, 0.5) is 10.2 Å². The second-order valence-corrected chi connectivity index (χ2v) is 10.3. The highest BCUT2D eigenvalue weighted by atomic mass is 32.2. The van der Waals surface area contributed by atoms with Crippen molar-refractivity contribution in [2.24, 2.45) is 0 Å². The molecule has 3 aromatic heterocycles. The standard InChI is InChI=1S/C26H26FN5S/c1-5-10-18(21(27)20-14-9-13-19(30-20)17-11-7-6-8-12-17)22-23-24(28)29-15-16-32(23)25(31-22)33-26(2,3)4/h5-16H,1-4H3,(H2,28,29)/b10-5-,21-18-. The fraction of sp³-hybridized carbons (Fsp3) is 0.192. The van der Waals surface area contributed by atoms with Crippen LogP contribution in [0.2, 0.25) is 0 Å². The number of rotatable bonds is 5. The van der Waals surface area contributed by atoms with Crippen molar-refractivity contribution >= 4 is 34.5 Å². The number of halogens is 1. The highest BCUT2D eigenvalue weighted by Gasteiger charge is 2.24. The zero-order valence-corrected chi connectivity index (χ0v) is 19.9. The minimum atomic E-state index is -0.471. The third-order valence-electron chi connectivity index (χ3n) is 4.82. The average Bonchev–Trinajstić information content (AvgIpc) is 3.15. The first-order valence-electron chi connectivity index (χ1n) is 10.7. The Kier molecular flexibility index (Phi) is 6.33. The number of hydrogen-bond donors (Lipinski definition) is 1. The van der Waals surface area contributed by atoms with Gasteiger partial charge in [0.2, 0.25) is 0 Å². The van der Waals surface area contributed by atoms with Crippen LogP contribution in [0, 0.1) is 0 Å². The van der Waals surface area contributed by atoms with Crippen LogP contribution in [-0.2, 0) is 0 Å². The number of nitrogens with two attached hydrogens (primary N) is 1. The molecule has 4 rings (SSSR count).